The summed E-state index contributed by atoms with van der Waals surface area (Å²) < 4.78 is 7.57. The van der Waals surface area contributed by atoms with Gasteiger partial charge in [-0.3, -0.25) is 4.79 Å². The third-order valence-electron chi connectivity index (χ3n) is 3.74. The molecule has 0 saturated heterocycles. The third kappa shape index (κ3) is 3.83. The predicted octanol–water partition coefficient (Wildman–Crippen LogP) is 3.64. The van der Waals surface area contributed by atoms with Crippen LogP contribution < -0.4 is 4.74 Å². The van der Waals surface area contributed by atoms with Gasteiger partial charge in [-0.05, 0) is 36.8 Å². The fourth-order valence-corrected chi connectivity index (χ4v) is 2.85. The minimum absolute atomic E-state index is 0.212. The number of aryl methyl sites for hydroxylation is 1. The smallest absolute Gasteiger partial charge is 0.341 e. The van der Waals surface area contributed by atoms with E-state index in [0.717, 1.165) is 11.3 Å². The minimum Gasteiger partial charge on any atom is -0.481 e. The Morgan fingerprint density at radius 2 is 2.00 bits per heavy atom. The molecule has 3 rings (SSSR count). The summed E-state index contributed by atoms with van der Waals surface area (Å²) in [5.41, 5.74) is 2.56. The highest BCUT2D eigenvalue weighted by atomic mass is 79.9. The zero-order valence-corrected chi connectivity index (χ0v) is 15.4. The lowest BCUT2D eigenvalue weighted by Crippen LogP contribution is -2.12. The maximum Gasteiger partial charge on any atom is 0.341 e. The molecule has 0 aliphatic carbocycles. The Labute approximate surface area is 158 Å². The molecule has 0 radical (unpaired) electrons. The van der Waals surface area contributed by atoms with Gasteiger partial charge in [0, 0.05) is 10.7 Å². The summed E-state index contributed by atoms with van der Waals surface area (Å²) in [5.74, 6) is -1.20. The van der Waals surface area contributed by atoms with Crippen molar-refractivity contribution in [1.29, 1.82) is 0 Å². The summed E-state index contributed by atoms with van der Waals surface area (Å²) in [6, 6.07) is 12.6. The molecular weight excluding hydrogens is 400 g/mol. The van der Waals surface area contributed by atoms with Crippen LogP contribution in [0.5, 0.6) is 5.75 Å². The van der Waals surface area contributed by atoms with Gasteiger partial charge in [-0.15, -0.1) is 0 Å². The van der Waals surface area contributed by atoms with Gasteiger partial charge in [0.25, 0.3) is 0 Å². The first kappa shape index (κ1) is 17.9. The van der Waals surface area contributed by atoms with Gasteiger partial charge in [-0.1, -0.05) is 34.1 Å². The molecule has 3 aromatic rings. The Morgan fingerprint density at radius 3 is 2.73 bits per heavy atom. The number of aromatic nitrogens is 2. The summed E-state index contributed by atoms with van der Waals surface area (Å²) in [6.07, 6.45) is 3.13. The molecular formula is C19H15BrN2O4. The largest absolute Gasteiger partial charge is 0.481 e. The summed E-state index contributed by atoms with van der Waals surface area (Å²) in [4.78, 5) is 23.6. The third-order valence-corrected chi connectivity index (χ3v) is 4.24. The molecule has 132 valence electrons. The van der Waals surface area contributed by atoms with Crippen LogP contribution in [0.15, 0.2) is 59.3 Å². The summed E-state index contributed by atoms with van der Waals surface area (Å²) >= 11 is 3.32. The molecule has 0 saturated carbocycles. The Hall–Kier alpha value is -2.93. The van der Waals surface area contributed by atoms with Crippen molar-refractivity contribution in [1.82, 2.24) is 9.78 Å². The monoisotopic (exact) mass is 414 g/mol. The van der Waals surface area contributed by atoms with E-state index in [4.69, 9.17) is 9.84 Å². The zero-order chi connectivity index (χ0) is 18.7. The first-order chi connectivity index (χ1) is 12.5. The number of carboxylic acids is 1. The number of hydrogen-bond acceptors (Lipinski definition) is 4. The molecule has 7 heteroatoms. The fraction of sp³-hybridized carbons (Fsp3) is 0.105. The predicted molar refractivity (Wildman–Crippen MR) is 99.0 cm³/mol. The standard InChI is InChI=1S/C19H15BrN2O4/c1-12-4-2-3-5-16(12)22-10-13(9-21-22)19(25)15-8-14(20)6-7-17(15)26-11-18(23)24/h2-10H,11H2,1H3,(H,23,24). The van der Waals surface area contributed by atoms with Gasteiger partial charge in [0.05, 0.1) is 23.0 Å². The number of para-hydroxylation sites is 1. The molecule has 0 unspecified atom stereocenters. The quantitative estimate of drug-likeness (QED) is 0.622. The summed E-state index contributed by atoms with van der Waals surface area (Å²) in [5, 5.41) is 13.1. The molecule has 26 heavy (non-hydrogen) atoms. The van der Waals surface area contributed by atoms with Crippen molar-refractivity contribution in [2.75, 3.05) is 6.61 Å². The van der Waals surface area contributed by atoms with Crippen molar-refractivity contribution in [2.24, 2.45) is 0 Å². The second kappa shape index (κ2) is 7.53. The highest BCUT2D eigenvalue weighted by Crippen LogP contribution is 2.26. The summed E-state index contributed by atoms with van der Waals surface area (Å²) in [7, 11) is 0. The van der Waals surface area contributed by atoms with Crippen molar-refractivity contribution in [3.05, 3.63) is 76.0 Å². The number of aliphatic carboxylic acids is 1. The average molecular weight is 415 g/mol. The van der Waals surface area contributed by atoms with E-state index in [9.17, 15) is 9.59 Å². The second-order valence-corrected chi connectivity index (χ2v) is 6.53. The number of carboxylic acid groups (broad SMARTS) is 1. The van der Waals surface area contributed by atoms with E-state index in [0.29, 0.717) is 10.0 Å². The zero-order valence-electron chi connectivity index (χ0n) is 13.8. The van der Waals surface area contributed by atoms with Crippen molar-refractivity contribution in [2.45, 2.75) is 6.92 Å². The molecule has 0 spiro atoms. The molecule has 0 aliphatic heterocycles. The van der Waals surface area contributed by atoms with Crippen LogP contribution in [0.3, 0.4) is 0 Å². The molecule has 0 atom stereocenters. The van der Waals surface area contributed by atoms with E-state index in [1.807, 2.05) is 31.2 Å². The van der Waals surface area contributed by atoms with E-state index < -0.39 is 12.6 Å². The molecule has 1 N–H and O–H groups in total. The lowest BCUT2D eigenvalue weighted by molar-refractivity contribution is -0.139. The molecule has 0 amide bonds. The number of ether oxygens (including phenoxy) is 1. The number of hydrogen-bond donors (Lipinski definition) is 1. The molecule has 1 heterocycles. The van der Waals surface area contributed by atoms with Crippen molar-refractivity contribution in [3.63, 3.8) is 0 Å². The molecule has 0 fully saturated rings. The molecule has 6 nitrogen and oxygen atoms in total. The van der Waals surface area contributed by atoms with Crippen molar-refractivity contribution < 1.29 is 19.4 Å². The number of carbonyl (C=O) groups excluding carboxylic acids is 1. The van der Waals surface area contributed by atoms with E-state index in [-0.39, 0.29) is 17.1 Å². The second-order valence-electron chi connectivity index (χ2n) is 5.61. The number of halogens is 1. The van der Waals surface area contributed by atoms with Gasteiger partial charge < -0.3 is 9.84 Å². The first-order valence-corrected chi connectivity index (χ1v) is 8.54. The lowest BCUT2D eigenvalue weighted by atomic mass is 10.1. The van der Waals surface area contributed by atoms with Gasteiger partial charge >= 0.3 is 5.97 Å². The Kier molecular flexibility index (Phi) is 5.18. The number of ketones is 1. The van der Waals surface area contributed by atoms with E-state index in [2.05, 4.69) is 21.0 Å². The van der Waals surface area contributed by atoms with Gasteiger partial charge in [0.15, 0.2) is 12.4 Å². The van der Waals surface area contributed by atoms with Crippen LogP contribution in [-0.2, 0) is 4.79 Å². The maximum atomic E-state index is 12.9. The summed E-state index contributed by atoms with van der Waals surface area (Å²) in [6.45, 7) is 1.44. The minimum atomic E-state index is -1.11. The number of carbonyl (C=O) groups is 2. The first-order valence-electron chi connectivity index (χ1n) is 7.75. The van der Waals surface area contributed by atoms with Gasteiger partial charge in [0.1, 0.15) is 5.75 Å². The van der Waals surface area contributed by atoms with E-state index in [1.54, 1.807) is 29.1 Å². The van der Waals surface area contributed by atoms with Gasteiger partial charge in [0.2, 0.25) is 0 Å². The maximum absolute atomic E-state index is 12.9. The topological polar surface area (TPSA) is 81.4 Å². The van der Waals surface area contributed by atoms with Crippen molar-refractivity contribution >= 4 is 27.7 Å². The molecule has 0 bridgehead atoms. The van der Waals surface area contributed by atoms with Gasteiger partial charge in [-0.25, -0.2) is 9.48 Å². The van der Waals surface area contributed by atoms with Gasteiger partial charge in [-0.2, -0.15) is 5.10 Å². The van der Waals surface area contributed by atoms with Crippen LogP contribution >= 0.6 is 15.9 Å². The molecule has 2 aromatic carbocycles. The molecule has 1 aromatic heterocycles. The number of nitrogens with zero attached hydrogens (tertiary/aromatic N) is 2. The van der Waals surface area contributed by atoms with Crippen LogP contribution in [0, 0.1) is 6.92 Å². The van der Waals surface area contributed by atoms with E-state index >= 15 is 0 Å². The van der Waals surface area contributed by atoms with Crippen LogP contribution in [0.1, 0.15) is 21.5 Å². The Morgan fingerprint density at radius 1 is 1.23 bits per heavy atom. The number of rotatable bonds is 6. The Balaban J connectivity index is 1.94. The normalized spacial score (nSPS) is 10.5. The van der Waals surface area contributed by atoms with Crippen molar-refractivity contribution in [3.8, 4) is 11.4 Å². The fourth-order valence-electron chi connectivity index (χ4n) is 2.49. The van der Waals surface area contributed by atoms with Crippen LogP contribution in [-0.4, -0.2) is 33.2 Å². The number of benzene rings is 2. The average Bonchev–Trinajstić information content (AvgIpc) is 3.10. The molecule has 0 aliphatic rings. The van der Waals surface area contributed by atoms with Crippen LogP contribution in [0.4, 0.5) is 0 Å². The SMILES string of the molecule is Cc1ccccc1-n1cc(C(=O)c2cc(Br)ccc2OCC(=O)O)cn1. The van der Waals surface area contributed by atoms with Crippen LogP contribution in [0.25, 0.3) is 5.69 Å². The van der Waals surface area contributed by atoms with E-state index in [1.165, 1.54) is 6.20 Å². The van der Waals surface area contributed by atoms with Crippen LogP contribution in [0.2, 0.25) is 0 Å². The highest BCUT2D eigenvalue weighted by Gasteiger charge is 2.18. The highest BCUT2D eigenvalue weighted by molar-refractivity contribution is 9.10. The Bertz CT molecular complexity index is 981. The lowest BCUT2D eigenvalue weighted by Gasteiger charge is -2.09.